The van der Waals surface area contributed by atoms with Gasteiger partial charge in [-0.25, -0.2) is 4.99 Å². The van der Waals surface area contributed by atoms with Crippen molar-refractivity contribution in [3.05, 3.63) is 46.1 Å². The maximum Gasteiger partial charge on any atom is 0.140 e. The van der Waals surface area contributed by atoms with E-state index in [0.717, 1.165) is 17.1 Å². The highest BCUT2D eigenvalue weighted by molar-refractivity contribution is 8.02. The molecule has 0 aromatic heterocycles. The minimum atomic E-state index is 0.993. The van der Waals surface area contributed by atoms with Crippen molar-refractivity contribution in [2.75, 3.05) is 5.88 Å². The van der Waals surface area contributed by atoms with Crippen molar-refractivity contribution in [1.29, 1.82) is 0 Å². The molecule has 0 fully saturated rings. The van der Waals surface area contributed by atoms with Gasteiger partial charge in [0.2, 0.25) is 0 Å². The predicted molar refractivity (Wildman–Crippen MR) is 54.1 cm³/mol. The van der Waals surface area contributed by atoms with E-state index in [1.807, 2.05) is 18.2 Å². The first-order chi connectivity index (χ1) is 6.43. The first kappa shape index (κ1) is 7.21. The van der Waals surface area contributed by atoms with Gasteiger partial charge in [0, 0.05) is 16.8 Å². The summed E-state index contributed by atoms with van der Waals surface area (Å²) in [7, 11) is 0. The second-order valence-corrected chi connectivity index (χ2v) is 3.87. The lowest BCUT2D eigenvalue weighted by atomic mass is 10.3. The highest BCUT2D eigenvalue weighted by Gasteiger charge is 2.14. The highest BCUT2D eigenvalue weighted by atomic mass is 32.2. The van der Waals surface area contributed by atoms with Gasteiger partial charge in [-0.3, -0.25) is 0 Å². The van der Waals surface area contributed by atoms with Crippen LogP contribution in [0.15, 0.2) is 40.5 Å². The number of rotatable bonds is 0. The SMILES string of the molecule is C1=C2N=c3ccccc3=CN2CS1. The van der Waals surface area contributed by atoms with E-state index < -0.39 is 0 Å². The molecule has 0 amide bonds. The van der Waals surface area contributed by atoms with Gasteiger partial charge in [0.15, 0.2) is 0 Å². The molecule has 13 heavy (non-hydrogen) atoms. The fraction of sp³-hybridized carbons (Fsp3) is 0.100. The van der Waals surface area contributed by atoms with Crippen molar-refractivity contribution in [1.82, 2.24) is 4.90 Å². The van der Waals surface area contributed by atoms with E-state index in [1.165, 1.54) is 5.22 Å². The Morgan fingerprint density at radius 1 is 1.31 bits per heavy atom. The van der Waals surface area contributed by atoms with Gasteiger partial charge in [0.1, 0.15) is 5.82 Å². The Morgan fingerprint density at radius 3 is 3.23 bits per heavy atom. The topological polar surface area (TPSA) is 15.6 Å². The molecule has 0 aliphatic carbocycles. The average Bonchev–Trinajstić information content (AvgIpc) is 2.61. The standard InChI is InChI=1S/C10H8N2S/c1-2-4-9-8(3-1)5-12-7-13-6-10(12)11-9/h1-6H,7H2. The van der Waals surface area contributed by atoms with Crippen LogP contribution in [0.2, 0.25) is 0 Å². The molecule has 0 radical (unpaired) electrons. The molecule has 0 N–H and O–H groups in total. The molecule has 2 aliphatic heterocycles. The number of nitrogens with zero attached hydrogens (tertiary/aromatic N) is 2. The van der Waals surface area contributed by atoms with Crippen molar-refractivity contribution < 1.29 is 0 Å². The lowest BCUT2D eigenvalue weighted by molar-refractivity contribution is 0.585. The van der Waals surface area contributed by atoms with Crippen molar-refractivity contribution in [3.8, 4) is 0 Å². The second-order valence-electron chi connectivity index (χ2n) is 3.04. The molecular weight excluding hydrogens is 180 g/mol. The van der Waals surface area contributed by atoms with E-state index in [2.05, 4.69) is 27.6 Å². The summed E-state index contributed by atoms with van der Waals surface area (Å²) in [5, 5.41) is 4.39. The summed E-state index contributed by atoms with van der Waals surface area (Å²) in [5.74, 6) is 2.07. The van der Waals surface area contributed by atoms with Gasteiger partial charge in [-0.05, 0) is 6.07 Å². The third-order valence-corrected chi connectivity index (χ3v) is 2.97. The van der Waals surface area contributed by atoms with Crippen LogP contribution in [-0.4, -0.2) is 10.8 Å². The number of fused-ring (bicyclic) bond motifs is 2. The van der Waals surface area contributed by atoms with Crippen molar-refractivity contribution in [2.45, 2.75) is 0 Å². The van der Waals surface area contributed by atoms with Gasteiger partial charge in [-0.2, -0.15) is 0 Å². The fourth-order valence-corrected chi connectivity index (χ4v) is 2.29. The molecule has 64 valence electrons. The third kappa shape index (κ3) is 1.08. The summed E-state index contributed by atoms with van der Waals surface area (Å²) < 4.78 is 0. The summed E-state index contributed by atoms with van der Waals surface area (Å²) in [4.78, 5) is 6.72. The normalized spacial score (nSPS) is 18.2. The van der Waals surface area contributed by atoms with Crippen LogP contribution >= 0.6 is 11.8 Å². The second kappa shape index (κ2) is 2.64. The van der Waals surface area contributed by atoms with E-state index in [-0.39, 0.29) is 0 Å². The van der Waals surface area contributed by atoms with Crippen LogP contribution in [0.4, 0.5) is 0 Å². The van der Waals surface area contributed by atoms with E-state index in [1.54, 1.807) is 11.8 Å². The quantitative estimate of drug-likeness (QED) is 0.600. The number of benzene rings is 1. The summed E-state index contributed by atoms with van der Waals surface area (Å²) in [6, 6.07) is 8.21. The van der Waals surface area contributed by atoms with E-state index in [0.29, 0.717) is 0 Å². The molecule has 2 heterocycles. The molecule has 3 heteroatoms. The summed E-state index contributed by atoms with van der Waals surface area (Å²) in [6.45, 7) is 0. The first-order valence-corrected chi connectivity index (χ1v) is 5.22. The number of hydrogen-bond acceptors (Lipinski definition) is 3. The predicted octanol–water partition coefficient (Wildman–Crippen LogP) is 0.863. The summed E-state index contributed by atoms with van der Waals surface area (Å²) >= 11 is 1.79. The molecule has 0 saturated heterocycles. The average molecular weight is 188 g/mol. The van der Waals surface area contributed by atoms with Gasteiger partial charge < -0.3 is 4.90 Å². The maximum absolute atomic E-state index is 4.54. The molecular formula is C10H8N2S. The Labute approximate surface area is 80.3 Å². The Balaban J connectivity index is 2.34. The Bertz CT molecular complexity index is 490. The Morgan fingerprint density at radius 2 is 2.23 bits per heavy atom. The Kier molecular flexibility index (Phi) is 1.46. The zero-order valence-electron chi connectivity index (χ0n) is 6.97. The zero-order valence-corrected chi connectivity index (χ0v) is 7.79. The molecule has 3 rings (SSSR count). The third-order valence-electron chi connectivity index (χ3n) is 2.16. The fourth-order valence-electron chi connectivity index (χ4n) is 1.51. The molecule has 0 bridgehead atoms. The molecule has 2 aliphatic rings. The number of hydrogen-bond donors (Lipinski definition) is 0. The van der Waals surface area contributed by atoms with Crippen molar-refractivity contribution >= 4 is 18.0 Å². The van der Waals surface area contributed by atoms with E-state index in [9.17, 15) is 0 Å². The van der Waals surface area contributed by atoms with Gasteiger partial charge in [-0.1, -0.05) is 18.2 Å². The first-order valence-electron chi connectivity index (χ1n) is 4.17. The minimum absolute atomic E-state index is 0.993. The largest absolute Gasteiger partial charge is 0.322 e. The molecule has 0 spiro atoms. The molecule has 1 aromatic carbocycles. The number of thioether (sulfide) groups is 1. The summed E-state index contributed by atoms with van der Waals surface area (Å²) in [6.07, 6.45) is 2.16. The lowest BCUT2D eigenvalue weighted by Gasteiger charge is -2.15. The smallest absolute Gasteiger partial charge is 0.140 e. The van der Waals surface area contributed by atoms with Gasteiger partial charge in [-0.15, -0.1) is 11.8 Å². The van der Waals surface area contributed by atoms with E-state index >= 15 is 0 Å². The Hall–Kier alpha value is -1.22. The summed E-state index contributed by atoms with van der Waals surface area (Å²) in [5.41, 5.74) is 0. The molecule has 2 nitrogen and oxygen atoms in total. The maximum atomic E-state index is 4.54. The monoisotopic (exact) mass is 188 g/mol. The van der Waals surface area contributed by atoms with Crippen LogP contribution in [0.25, 0.3) is 6.20 Å². The molecule has 1 aromatic rings. The minimum Gasteiger partial charge on any atom is -0.322 e. The van der Waals surface area contributed by atoms with Crippen molar-refractivity contribution in [2.24, 2.45) is 4.99 Å². The number of para-hydroxylation sites is 1. The molecule has 0 atom stereocenters. The van der Waals surface area contributed by atoms with Gasteiger partial charge in [0.25, 0.3) is 0 Å². The van der Waals surface area contributed by atoms with Gasteiger partial charge >= 0.3 is 0 Å². The van der Waals surface area contributed by atoms with Gasteiger partial charge in [0.05, 0.1) is 11.2 Å². The van der Waals surface area contributed by atoms with Crippen LogP contribution in [0, 0.1) is 0 Å². The van der Waals surface area contributed by atoms with Crippen molar-refractivity contribution in [3.63, 3.8) is 0 Å². The van der Waals surface area contributed by atoms with E-state index in [4.69, 9.17) is 0 Å². The molecule has 0 saturated carbocycles. The van der Waals surface area contributed by atoms with Crippen LogP contribution < -0.4 is 10.6 Å². The lowest BCUT2D eigenvalue weighted by Crippen LogP contribution is -2.32. The van der Waals surface area contributed by atoms with Crippen LogP contribution in [-0.2, 0) is 0 Å². The highest BCUT2D eigenvalue weighted by Crippen LogP contribution is 2.24. The zero-order chi connectivity index (χ0) is 8.67. The van der Waals surface area contributed by atoms with Crippen LogP contribution in [0.3, 0.4) is 0 Å². The molecule has 0 unspecified atom stereocenters. The van der Waals surface area contributed by atoms with Crippen LogP contribution in [0.5, 0.6) is 0 Å². The van der Waals surface area contributed by atoms with Crippen LogP contribution in [0.1, 0.15) is 0 Å².